The number of rotatable bonds is 4. The largest absolute Gasteiger partial charge is 0.497 e. The van der Waals surface area contributed by atoms with E-state index < -0.39 is 0 Å². The van der Waals surface area contributed by atoms with Crippen molar-refractivity contribution in [1.29, 1.82) is 0 Å². The van der Waals surface area contributed by atoms with Gasteiger partial charge in [0, 0.05) is 19.1 Å². The van der Waals surface area contributed by atoms with Crippen molar-refractivity contribution < 1.29 is 14.3 Å². The smallest absolute Gasteiger partial charge is 0.225 e. The van der Waals surface area contributed by atoms with Crippen molar-refractivity contribution in [3.63, 3.8) is 0 Å². The van der Waals surface area contributed by atoms with Gasteiger partial charge in [-0.1, -0.05) is 6.07 Å². The molecule has 4 heteroatoms. The molecule has 0 aromatic heterocycles. The Morgan fingerprint density at radius 3 is 3.00 bits per heavy atom. The molecule has 4 nitrogen and oxygen atoms in total. The van der Waals surface area contributed by atoms with Gasteiger partial charge in [-0.3, -0.25) is 4.79 Å². The van der Waals surface area contributed by atoms with Gasteiger partial charge in [0.25, 0.3) is 0 Å². The Kier molecular flexibility index (Phi) is 4.67. The van der Waals surface area contributed by atoms with E-state index in [9.17, 15) is 4.79 Å². The van der Waals surface area contributed by atoms with Crippen LogP contribution in [-0.4, -0.2) is 32.3 Å². The molecule has 1 aromatic rings. The third-order valence-corrected chi connectivity index (χ3v) is 5.02. The maximum Gasteiger partial charge on any atom is 0.225 e. The number of aryl methyl sites for hydroxylation is 1. The number of hydrogen-bond donors (Lipinski definition) is 1. The van der Waals surface area contributed by atoms with Crippen LogP contribution in [-0.2, 0) is 16.0 Å². The van der Waals surface area contributed by atoms with E-state index in [1.807, 2.05) is 13.0 Å². The van der Waals surface area contributed by atoms with Crippen LogP contribution >= 0.6 is 0 Å². The topological polar surface area (TPSA) is 47.6 Å². The van der Waals surface area contributed by atoms with Gasteiger partial charge in [-0.25, -0.2) is 0 Å². The van der Waals surface area contributed by atoms with Crippen molar-refractivity contribution in [3.8, 4) is 5.75 Å². The third-order valence-electron chi connectivity index (χ3n) is 5.02. The molecule has 0 bridgehead atoms. The summed E-state index contributed by atoms with van der Waals surface area (Å²) in [6, 6.07) is 6.31. The fourth-order valence-electron chi connectivity index (χ4n) is 3.66. The molecule has 1 fully saturated rings. The number of hydrogen-bond acceptors (Lipinski definition) is 3. The number of amides is 1. The van der Waals surface area contributed by atoms with Gasteiger partial charge in [-0.2, -0.15) is 0 Å². The SMILES string of the molecule is COc1ccc2c(c1)CCC[C@@H]2CNC(=O)[C@@H]1CCO[C@H]1C. The maximum absolute atomic E-state index is 12.3. The van der Waals surface area contributed by atoms with Gasteiger partial charge in [0.15, 0.2) is 0 Å². The average molecular weight is 303 g/mol. The van der Waals surface area contributed by atoms with Gasteiger partial charge in [0.1, 0.15) is 5.75 Å². The molecule has 1 heterocycles. The van der Waals surface area contributed by atoms with E-state index in [1.54, 1.807) is 7.11 Å². The summed E-state index contributed by atoms with van der Waals surface area (Å²) >= 11 is 0. The normalized spacial score (nSPS) is 27.3. The van der Waals surface area contributed by atoms with E-state index in [4.69, 9.17) is 9.47 Å². The highest BCUT2D eigenvalue weighted by Crippen LogP contribution is 2.33. The number of nitrogens with one attached hydrogen (secondary N) is 1. The lowest BCUT2D eigenvalue weighted by Gasteiger charge is -2.27. The molecule has 1 aliphatic carbocycles. The van der Waals surface area contributed by atoms with Crippen molar-refractivity contribution in [2.75, 3.05) is 20.3 Å². The molecule has 0 saturated carbocycles. The van der Waals surface area contributed by atoms with Crippen molar-refractivity contribution in [1.82, 2.24) is 5.32 Å². The van der Waals surface area contributed by atoms with Gasteiger partial charge in [0.05, 0.1) is 19.1 Å². The zero-order valence-electron chi connectivity index (χ0n) is 13.4. The quantitative estimate of drug-likeness (QED) is 0.930. The zero-order valence-corrected chi connectivity index (χ0v) is 13.4. The van der Waals surface area contributed by atoms with Gasteiger partial charge >= 0.3 is 0 Å². The van der Waals surface area contributed by atoms with Gasteiger partial charge < -0.3 is 14.8 Å². The summed E-state index contributed by atoms with van der Waals surface area (Å²) in [5.74, 6) is 1.49. The van der Waals surface area contributed by atoms with E-state index in [2.05, 4.69) is 17.4 Å². The molecule has 0 unspecified atom stereocenters. The highest BCUT2D eigenvalue weighted by atomic mass is 16.5. The van der Waals surface area contributed by atoms with Crippen LogP contribution in [0, 0.1) is 5.92 Å². The molecule has 120 valence electrons. The zero-order chi connectivity index (χ0) is 15.5. The molecule has 3 atom stereocenters. The molecular formula is C18H25NO3. The third kappa shape index (κ3) is 3.12. The summed E-state index contributed by atoms with van der Waals surface area (Å²) in [6.07, 6.45) is 4.29. The summed E-state index contributed by atoms with van der Waals surface area (Å²) in [5, 5.41) is 3.14. The predicted molar refractivity (Wildman–Crippen MR) is 85.2 cm³/mol. The van der Waals surface area contributed by atoms with E-state index in [0.29, 0.717) is 12.5 Å². The molecule has 1 N–H and O–H groups in total. The Morgan fingerprint density at radius 2 is 2.27 bits per heavy atom. The average Bonchev–Trinajstić information content (AvgIpc) is 2.98. The fraction of sp³-hybridized carbons (Fsp3) is 0.611. The Labute approximate surface area is 132 Å². The Morgan fingerprint density at radius 1 is 1.41 bits per heavy atom. The minimum atomic E-state index is 0.0129. The number of carbonyl (C=O) groups is 1. The first kappa shape index (κ1) is 15.3. The Bertz CT molecular complexity index is 543. The molecule has 1 aromatic carbocycles. The second-order valence-electron chi connectivity index (χ2n) is 6.37. The van der Waals surface area contributed by atoms with Crippen LogP contribution in [0.5, 0.6) is 5.75 Å². The van der Waals surface area contributed by atoms with E-state index in [-0.39, 0.29) is 17.9 Å². The van der Waals surface area contributed by atoms with Crippen LogP contribution in [0.4, 0.5) is 0 Å². The number of fused-ring (bicyclic) bond motifs is 1. The minimum Gasteiger partial charge on any atom is -0.497 e. The molecular weight excluding hydrogens is 278 g/mol. The summed E-state index contributed by atoms with van der Waals surface area (Å²) in [7, 11) is 1.70. The van der Waals surface area contributed by atoms with E-state index in [1.165, 1.54) is 17.5 Å². The fourth-order valence-corrected chi connectivity index (χ4v) is 3.66. The number of benzene rings is 1. The predicted octanol–water partition coefficient (Wildman–Crippen LogP) is 2.66. The first-order chi connectivity index (χ1) is 10.7. The first-order valence-electron chi connectivity index (χ1n) is 8.25. The van der Waals surface area contributed by atoms with Crippen LogP contribution in [0.15, 0.2) is 18.2 Å². The molecule has 0 spiro atoms. The molecule has 3 rings (SSSR count). The van der Waals surface area contributed by atoms with Crippen LogP contribution in [0.1, 0.15) is 43.2 Å². The number of carbonyl (C=O) groups excluding carboxylic acids is 1. The van der Waals surface area contributed by atoms with Crippen LogP contribution in [0.3, 0.4) is 0 Å². The van der Waals surface area contributed by atoms with Crippen LogP contribution < -0.4 is 10.1 Å². The number of ether oxygens (including phenoxy) is 2. The molecule has 1 saturated heterocycles. The van der Waals surface area contributed by atoms with E-state index in [0.717, 1.165) is 31.6 Å². The lowest BCUT2D eigenvalue weighted by Crippen LogP contribution is -2.37. The Balaban J connectivity index is 1.63. The highest BCUT2D eigenvalue weighted by molar-refractivity contribution is 5.79. The van der Waals surface area contributed by atoms with Gasteiger partial charge in [-0.15, -0.1) is 0 Å². The molecule has 22 heavy (non-hydrogen) atoms. The van der Waals surface area contributed by atoms with Gasteiger partial charge in [0.2, 0.25) is 5.91 Å². The van der Waals surface area contributed by atoms with Crippen LogP contribution in [0.2, 0.25) is 0 Å². The second-order valence-corrected chi connectivity index (χ2v) is 6.37. The molecule has 0 radical (unpaired) electrons. The highest BCUT2D eigenvalue weighted by Gasteiger charge is 2.31. The minimum absolute atomic E-state index is 0.0129. The van der Waals surface area contributed by atoms with Gasteiger partial charge in [-0.05, 0) is 55.9 Å². The molecule has 1 amide bonds. The van der Waals surface area contributed by atoms with E-state index >= 15 is 0 Å². The second kappa shape index (κ2) is 6.69. The maximum atomic E-state index is 12.3. The lowest BCUT2D eigenvalue weighted by molar-refractivity contribution is -0.126. The molecule has 2 aliphatic rings. The number of methoxy groups -OCH3 is 1. The summed E-state index contributed by atoms with van der Waals surface area (Å²) in [5.41, 5.74) is 2.73. The lowest BCUT2D eigenvalue weighted by atomic mass is 9.82. The Hall–Kier alpha value is -1.55. The summed E-state index contributed by atoms with van der Waals surface area (Å²) in [4.78, 5) is 12.3. The standard InChI is InChI=1S/C18H25NO3/c1-12-16(8-9-22-12)18(20)19-11-14-5-3-4-13-10-15(21-2)6-7-17(13)14/h6-7,10,12,14,16H,3-5,8-9,11H2,1-2H3,(H,19,20)/t12-,14+,16+/m0/s1. The van der Waals surface area contributed by atoms with Crippen molar-refractivity contribution in [2.24, 2.45) is 5.92 Å². The summed E-state index contributed by atoms with van der Waals surface area (Å²) in [6.45, 7) is 3.41. The molecule has 1 aliphatic heterocycles. The van der Waals surface area contributed by atoms with Crippen molar-refractivity contribution in [2.45, 2.75) is 44.6 Å². The first-order valence-corrected chi connectivity index (χ1v) is 8.25. The van der Waals surface area contributed by atoms with Crippen LogP contribution in [0.25, 0.3) is 0 Å². The van der Waals surface area contributed by atoms with Crippen molar-refractivity contribution in [3.05, 3.63) is 29.3 Å². The monoisotopic (exact) mass is 303 g/mol. The van der Waals surface area contributed by atoms with Crippen molar-refractivity contribution >= 4 is 5.91 Å². The summed E-state index contributed by atoms with van der Waals surface area (Å²) < 4.78 is 10.8.